The van der Waals surface area contributed by atoms with E-state index in [9.17, 15) is 9.90 Å². The number of pyridine rings is 1. The standard InChI is InChI=1S/C25H33N3O3/c1-16-13-14-26-23-22(25(30)27-20-9-4-5-10-21(20)29)17(2)28(24(16)23)15-18-7-6-8-19(31-3)12-11-18/h7-8,11-14,17,20-22,29H,4-6,9-10,15H2,1-3H3,(H,27,30)/t17?,20?,21-,22?/m0/s1. The molecule has 4 rings (SSSR count). The van der Waals surface area contributed by atoms with Crippen molar-refractivity contribution in [2.24, 2.45) is 0 Å². The van der Waals surface area contributed by atoms with Gasteiger partial charge in [-0.15, -0.1) is 0 Å². The molecule has 1 saturated carbocycles. The Morgan fingerprint density at radius 3 is 2.87 bits per heavy atom. The second-order valence-electron chi connectivity index (χ2n) is 8.83. The third kappa shape index (κ3) is 4.40. The average molecular weight is 424 g/mol. The van der Waals surface area contributed by atoms with Gasteiger partial charge >= 0.3 is 0 Å². The van der Waals surface area contributed by atoms with Gasteiger partial charge in [0.2, 0.25) is 5.91 Å². The largest absolute Gasteiger partial charge is 0.497 e. The molecule has 1 aromatic heterocycles. The molecule has 3 unspecified atom stereocenters. The Morgan fingerprint density at radius 1 is 1.29 bits per heavy atom. The number of ether oxygens (including phenoxy) is 1. The highest BCUT2D eigenvalue weighted by molar-refractivity contribution is 5.89. The van der Waals surface area contributed by atoms with Crippen LogP contribution in [-0.4, -0.2) is 47.8 Å². The zero-order valence-corrected chi connectivity index (χ0v) is 18.7. The van der Waals surface area contributed by atoms with Gasteiger partial charge in [0.1, 0.15) is 11.7 Å². The van der Waals surface area contributed by atoms with Crippen LogP contribution < -0.4 is 10.2 Å². The Bertz CT molecular complexity index is 921. The fourth-order valence-corrected chi connectivity index (χ4v) is 5.02. The summed E-state index contributed by atoms with van der Waals surface area (Å²) >= 11 is 0. The summed E-state index contributed by atoms with van der Waals surface area (Å²) in [6.45, 7) is 4.88. The van der Waals surface area contributed by atoms with Crippen LogP contribution in [0, 0.1) is 6.92 Å². The summed E-state index contributed by atoms with van der Waals surface area (Å²) in [6, 6.07) is 1.81. The molecule has 0 bridgehead atoms. The summed E-state index contributed by atoms with van der Waals surface area (Å²) in [5.74, 6) is 0.475. The number of aliphatic hydroxyl groups excluding tert-OH is 1. The number of rotatable bonds is 5. The van der Waals surface area contributed by atoms with E-state index in [0.29, 0.717) is 6.54 Å². The second-order valence-corrected chi connectivity index (χ2v) is 8.83. The minimum atomic E-state index is -0.459. The highest BCUT2D eigenvalue weighted by Crippen LogP contribution is 2.42. The first kappa shape index (κ1) is 21.6. The molecule has 0 saturated heterocycles. The average Bonchev–Trinajstić information content (AvgIpc) is 2.89. The Morgan fingerprint density at radius 2 is 2.10 bits per heavy atom. The fourth-order valence-electron chi connectivity index (χ4n) is 5.02. The van der Waals surface area contributed by atoms with Crippen LogP contribution in [0.25, 0.3) is 0 Å². The van der Waals surface area contributed by atoms with Crippen molar-refractivity contribution in [3.8, 4) is 0 Å². The molecule has 1 fully saturated rings. The van der Waals surface area contributed by atoms with Crippen molar-refractivity contribution in [2.75, 3.05) is 18.6 Å². The molecule has 6 heteroatoms. The lowest BCUT2D eigenvalue weighted by atomic mass is 9.91. The van der Waals surface area contributed by atoms with E-state index in [-0.39, 0.29) is 23.9 Å². The summed E-state index contributed by atoms with van der Waals surface area (Å²) in [4.78, 5) is 20.3. The molecule has 1 amide bonds. The van der Waals surface area contributed by atoms with Gasteiger partial charge in [0, 0.05) is 18.8 Å². The number of anilines is 1. The van der Waals surface area contributed by atoms with Gasteiger partial charge in [-0.25, -0.2) is 0 Å². The van der Waals surface area contributed by atoms with Crippen LogP contribution in [-0.2, 0) is 9.53 Å². The number of carbonyl (C=O) groups excluding carboxylic acids is 1. The van der Waals surface area contributed by atoms with E-state index in [4.69, 9.17) is 4.74 Å². The molecule has 1 aliphatic heterocycles. The Balaban J connectivity index is 1.57. The lowest BCUT2D eigenvalue weighted by Crippen LogP contribution is -2.48. The summed E-state index contributed by atoms with van der Waals surface area (Å²) < 4.78 is 5.36. The van der Waals surface area contributed by atoms with Crippen LogP contribution >= 0.6 is 0 Å². The Labute approximate surface area is 184 Å². The smallest absolute Gasteiger partial charge is 0.231 e. The van der Waals surface area contributed by atoms with Crippen LogP contribution in [0.5, 0.6) is 0 Å². The second kappa shape index (κ2) is 9.27. The number of aryl methyl sites for hydroxylation is 1. The lowest BCUT2D eigenvalue weighted by Gasteiger charge is -2.31. The lowest BCUT2D eigenvalue weighted by molar-refractivity contribution is -0.124. The van der Waals surface area contributed by atoms with Gasteiger partial charge in [-0.05, 0) is 62.5 Å². The number of methoxy groups -OCH3 is 1. The van der Waals surface area contributed by atoms with Crippen molar-refractivity contribution < 1.29 is 14.6 Å². The first-order valence-corrected chi connectivity index (χ1v) is 11.3. The number of hydrogen-bond donors (Lipinski definition) is 2. The van der Waals surface area contributed by atoms with Gasteiger partial charge in [0.25, 0.3) is 0 Å². The Kier molecular flexibility index (Phi) is 6.46. The van der Waals surface area contributed by atoms with Gasteiger partial charge in [0.05, 0.1) is 30.6 Å². The van der Waals surface area contributed by atoms with Crippen LogP contribution in [0.15, 0.2) is 47.9 Å². The van der Waals surface area contributed by atoms with Gasteiger partial charge in [0.15, 0.2) is 0 Å². The molecular weight excluding hydrogens is 390 g/mol. The predicted octanol–water partition coefficient (Wildman–Crippen LogP) is 3.52. The van der Waals surface area contributed by atoms with Crippen molar-refractivity contribution in [3.05, 3.63) is 59.2 Å². The van der Waals surface area contributed by atoms with Crippen LogP contribution in [0.1, 0.15) is 56.2 Å². The van der Waals surface area contributed by atoms with E-state index >= 15 is 0 Å². The third-order valence-corrected chi connectivity index (χ3v) is 6.80. The molecule has 2 aliphatic carbocycles. The number of aliphatic hydroxyl groups is 1. The SMILES string of the molecule is COC1=CCC=C(CN2c3c(C)ccnc3C(C(=O)NC3CCCC[C@@H]3O)C2C)C=C1. The van der Waals surface area contributed by atoms with E-state index in [1.165, 1.54) is 5.57 Å². The molecule has 166 valence electrons. The fraction of sp³-hybridized carbons (Fsp3) is 0.520. The molecule has 1 aromatic rings. The summed E-state index contributed by atoms with van der Waals surface area (Å²) in [5.41, 5.74) is 4.20. The van der Waals surface area contributed by atoms with Gasteiger partial charge in [-0.3, -0.25) is 9.78 Å². The summed E-state index contributed by atoms with van der Waals surface area (Å²) in [5, 5.41) is 13.5. The molecule has 4 atom stereocenters. The molecule has 0 aromatic carbocycles. The zero-order chi connectivity index (χ0) is 22.0. The number of aromatic nitrogens is 1. The minimum Gasteiger partial charge on any atom is -0.497 e. The zero-order valence-electron chi connectivity index (χ0n) is 18.7. The number of fused-ring (bicyclic) bond motifs is 1. The van der Waals surface area contributed by atoms with Crippen LogP contribution in [0.3, 0.4) is 0 Å². The van der Waals surface area contributed by atoms with E-state index in [1.807, 2.05) is 12.1 Å². The number of carbonyl (C=O) groups is 1. The van der Waals surface area contributed by atoms with Crippen molar-refractivity contribution >= 4 is 11.6 Å². The van der Waals surface area contributed by atoms with Crippen molar-refractivity contribution in [3.63, 3.8) is 0 Å². The summed E-state index contributed by atoms with van der Waals surface area (Å²) in [6.07, 6.45) is 14.1. The van der Waals surface area contributed by atoms with Crippen molar-refractivity contribution in [2.45, 2.75) is 70.1 Å². The van der Waals surface area contributed by atoms with Gasteiger partial charge < -0.3 is 20.1 Å². The number of allylic oxidation sites excluding steroid dienone is 3. The summed E-state index contributed by atoms with van der Waals surface area (Å²) in [7, 11) is 1.68. The molecule has 0 spiro atoms. The molecule has 2 heterocycles. The minimum absolute atomic E-state index is 0.0308. The maximum atomic E-state index is 13.4. The molecule has 0 radical (unpaired) electrons. The first-order chi connectivity index (χ1) is 15.0. The quantitative estimate of drug-likeness (QED) is 0.758. The molecule has 6 nitrogen and oxygen atoms in total. The highest BCUT2D eigenvalue weighted by Gasteiger charge is 2.43. The van der Waals surface area contributed by atoms with E-state index in [0.717, 1.165) is 54.8 Å². The topological polar surface area (TPSA) is 74.7 Å². The van der Waals surface area contributed by atoms with Crippen molar-refractivity contribution in [1.82, 2.24) is 10.3 Å². The van der Waals surface area contributed by atoms with Crippen LogP contribution in [0.4, 0.5) is 5.69 Å². The maximum absolute atomic E-state index is 13.4. The first-order valence-electron chi connectivity index (χ1n) is 11.3. The number of amides is 1. The van der Waals surface area contributed by atoms with E-state index in [2.05, 4.69) is 47.3 Å². The predicted molar refractivity (Wildman–Crippen MR) is 122 cm³/mol. The monoisotopic (exact) mass is 423 g/mol. The third-order valence-electron chi connectivity index (χ3n) is 6.80. The van der Waals surface area contributed by atoms with E-state index < -0.39 is 6.10 Å². The molecule has 3 aliphatic rings. The maximum Gasteiger partial charge on any atom is 0.231 e. The van der Waals surface area contributed by atoms with Crippen molar-refractivity contribution in [1.29, 1.82) is 0 Å². The molecular formula is C25H33N3O3. The number of hydrogen-bond acceptors (Lipinski definition) is 5. The van der Waals surface area contributed by atoms with E-state index in [1.54, 1.807) is 13.3 Å². The van der Waals surface area contributed by atoms with Gasteiger partial charge in [-0.1, -0.05) is 25.0 Å². The Hall–Kier alpha value is -2.60. The number of nitrogens with one attached hydrogen (secondary N) is 1. The van der Waals surface area contributed by atoms with Crippen LogP contribution in [0.2, 0.25) is 0 Å². The normalized spacial score (nSPS) is 27.8. The van der Waals surface area contributed by atoms with Gasteiger partial charge in [-0.2, -0.15) is 0 Å². The number of nitrogens with zero attached hydrogens (tertiary/aromatic N) is 2. The molecule has 2 N–H and O–H groups in total. The molecule has 31 heavy (non-hydrogen) atoms. The highest BCUT2D eigenvalue weighted by atomic mass is 16.5.